The van der Waals surface area contributed by atoms with Crippen LogP contribution in [-0.2, 0) is 0 Å². The molecule has 4 rings (SSSR count). The van der Waals surface area contributed by atoms with Crippen LogP contribution in [0.2, 0.25) is 0 Å². The summed E-state index contributed by atoms with van der Waals surface area (Å²) in [5.41, 5.74) is 2.05. The number of hydrogen-bond donors (Lipinski definition) is 1. The molecule has 8 heteroatoms. The van der Waals surface area contributed by atoms with Gasteiger partial charge in [-0.15, -0.1) is 0 Å². The molecule has 0 spiro atoms. The Morgan fingerprint density at radius 2 is 1.89 bits per heavy atom. The van der Waals surface area contributed by atoms with Gasteiger partial charge >= 0.3 is 11.8 Å². The Balaban J connectivity index is 1.51. The number of carbonyl (C=O) groups excluding carboxylic acids is 1. The average Bonchev–Trinajstić information content (AvgIpc) is 3.23. The third-order valence-corrected chi connectivity index (χ3v) is 5.04. The van der Waals surface area contributed by atoms with Crippen molar-refractivity contribution in [3.05, 3.63) is 47.9 Å². The van der Waals surface area contributed by atoms with Gasteiger partial charge in [0.25, 0.3) is 0 Å². The van der Waals surface area contributed by atoms with Crippen LogP contribution < -0.4 is 5.32 Å². The van der Waals surface area contributed by atoms with E-state index in [-0.39, 0.29) is 23.7 Å². The van der Waals surface area contributed by atoms with E-state index in [0.717, 1.165) is 25.7 Å². The van der Waals surface area contributed by atoms with Gasteiger partial charge in [-0.25, -0.2) is 9.07 Å². The molecule has 2 aromatic heterocycles. The molecule has 1 amide bonds. The first-order valence-electron chi connectivity index (χ1n) is 9.57. The number of amides is 1. The molecule has 28 heavy (non-hydrogen) atoms. The first-order valence-corrected chi connectivity index (χ1v) is 9.57. The summed E-state index contributed by atoms with van der Waals surface area (Å²) in [7, 11) is 0. The Kier molecular flexibility index (Phi) is 5.18. The number of nitrogens with zero attached hydrogens (tertiary/aromatic N) is 4. The normalized spacial score (nSPS) is 15.4. The molecule has 2 heterocycles. The van der Waals surface area contributed by atoms with Crippen LogP contribution >= 0.6 is 0 Å². The van der Waals surface area contributed by atoms with Crippen LogP contribution in [-0.4, -0.2) is 31.9 Å². The molecule has 0 bridgehead atoms. The van der Waals surface area contributed by atoms with Gasteiger partial charge in [0.05, 0.1) is 16.9 Å². The molecule has 1 N–H and O–H groups in total. The fourth-order valence-electron chi connectivity index (χ4n) is 3.50. The van der Waals surface area contributed by atoms with Crippen LogP contribution in [0.1, 0.15) is 54.9 Å². The molecule has 1 aliphatic rings. The van der Waals surface area contributed by atoms with Gasteiger partial charge < -0.3 is 9.84 Å². The lowest BCUT2D eigenvalue weighted by Crippen LogP contribution is -2.34. The predicted molar refractivity (Wildman–Crippen MR) is 101 cm³/mol. The number of rotatable bonds is 4. The maximum atomic E-state index is 13.1. The van der Waals surface area contributed by atoms with E-state index >= 15 is 0 Å². The molecular weight excluding hydrogens is 361 g/mol. The second-order valence-electron chi connectivity index (χ2n) is 7.13. The van der Waals surface area contributed by atoms with E-state index in [1.165, 1.54) is 25.0 Å². The minimum atomic E-state index is -0.339. The van der Waals surface area contributed by atoms with Crippen molar-refractivity contribution in [2.75, 3.05) is 0 Å². The topological polar surface area (TPSA) is 85.8 Å². The van der Waals surface area contributed by atoms with Crippen LogP contribution in [0.25, 0.3) is 17.1 Å². The highest BCUT2D eigenvalue weighted by Crippen LogP contribution is 2.22. The fraction of sp³-hybridized carbons (Fsp3) is 0.400. The molecule has 7 nitrogen and oxygen atoms in total. The number of halogens is 1. The van der Waals surface area contributed by atoms with Gasteiger partial charge in [-0.1, -0.05) is 30.8 Å². The molecule has 1 saturated carbocycles. The highest BCUT2D eigenvalue weighted by Gasteiger charge is 2.22. The van der Waals surface area contributed by atoms with Crippen molar-refractivity contribution in [1.82, 2.24) is 25.2 Å². The molecule has 1 aliphatic carbocycles. The van der Waals surface area contributed by atoms with Crippen molar-refractivity contribution < 1.29 is 13.7 Å². The molecule has 0 atom stereocenters. The van der Waals surface area contributed by atoms with Gasteiger partial charge in [0.15, 0.2) is 0 Å². The smallest absolute Gasteiger partial charge is 0.316 e. The maximum Gasteiger partial charge on any atom is 0.316 e. The second-order valence-corrected chi connectivity index (χ2v) is 7.13. The van der Waals surface area contributed by atoms with Crippen molar-refractivity contribution in [2.24, 2.45) is 0 Å². The van der Waals surface area contributed by atoms with Gasteiger partial charge in [0.2, 0.25) is 5.82 Å². The summed E-state index contributed by atoms with van der Waals surface area (Å²) in [4.78, 5) is 16.7. The highest BCUT2D eigenvalue weighted by molar-refractivity contribution is 5.90. The quantitative estimate of drug-likeness (QED) is 0.692. The lowest BCUT2D eigenvalue weighted by atomic mass is 10.1. The minimum Gasteiger partial charge on any atom is -0.345 e. The van der Waals surface area contributed by atoms with E-state index in [2.05, 4.69) is 20.6 Å². The third kappa shape index (κ3) is 3.95. The Bertz CT molecular complexity index is 955. The minimum absolute atomic E-state index is 0.0480. The first kappa shape index (κ1) is 18.3. The van der Waals surface area contributed by atoms with E-state index in [4.69, 9.17) is 4.52 Å². The van der Waals surface area contributed by atoms with E-state index in [0.29, 0.717) is 22.8 Å². The van der Waals surface area contributed by atoms with Crippen molar-refractivity contribution >= 4 is 5.91 Å². The van der Waals surface area contributed by atoms with Gasteiger partial charge in [-0.2, -0.15) is 10.1 Å². The number of nitrogens with one attached hydrogen (secondary N) is 1. The van der Waals surface area contributed by atoms with Crippen molar-refractivity contribution in [2.45, 2.75) is 51.5 Å². The van der Waals surface area contributed by atoms with Gasteiger partial charge in [-0.3, -0.25) is 4.79 Å². The van der Waals surface area contributed by atoms with Gasteiger partial charge in [0, 0.05) is 12.2 Å². The third-order valence-electron chi connectivity index (χ3n) is 5.04. The van der Waals surface area contributed by atoms with Crippen molar-refractivity contribution in [3.63, 3.8) is 0 Å². The van der Waals surface area contributed by atoms with E-state index in [1.807, 2.05) is 6.92 Å². The van der Waals surface area contributed by atoms with Crippen molar-refractivity contribution in [3.8, 4) is 17.1 Å². The van der Waals surface area contributed by atoms with Gasteiger partial charge in [0.1, 0.15) is 5.82 Å². The molecule has 146 valence electrons. The summed E-state index contributed by atoms with van der Waals surface area (Å²) in [5, 5.41) is 11.4. The summed E-state index contributed by atoms with van der Waals surface area (Å²) in [6.07, 6.45) is 8.39. The summed E-state index contributed by atoms with van der Waals surface area (Å²) in [6, 6.07) is 6.17. The largest absolute Gasteiger partial charge is 0.345 e. The molecule has 0 saturated heterocycles. The number of benzene rings is 1. The Morgan fingerprint density at radius 3 is 2.61 bits per heavy atom. The molecule has 3 aromatic rings. The standard InChI is InChI=1S/C20H22FN5O2/c1-13-17(12-26(24-13)16-10-8-14(21)9-11-16)18-23-20(28-25-18)19(27)22-15-6-4-2-3-5-7-15/h8-12,15H,2-7H2,1H3,(H,22,27). The Hall–Kier alpha value is -3.03. The van der Waals surface area contributed by atoms with Crippen molar-refractivity contribution in [1.29, 1.82) is 0 Å². The Labute approximate surface area is 161 Å². The van der Waals surface area contributed by atoms with Gasteiger partial charge in [-0.05, 0) is 44.0 Å². The lowest BCUT2D eigenvalue weighted by molar-refractivity contribution is 0.0889. The SMILES string of the molecule is Cc1nn(-c2ccc(F)cc2)cc1-c1noc(C(=O)NC2CCCCCC2)n1. The molecule has 0 aliphatic heterocycles. The first-order chi connectivity index (χ1) is 13.6. The summed E-state index contributed by atoms with van der Waals surface area (Å²) < 4.78 is 19.9. The number of carbonyl (C=O) groups is 1. The number of hydrogen-bond acceptors (Lipinski definition) is 5. The van der Waals surface area contributed by atoms with Crippen LogP contribution in [0.15, 0.2) is 35.0 Å². The van der Waals surface area contributed by atoms with Crippen LogP contribution in [0, 0.1) is 12.7 Å². The number of aromatic nitrogens is 4. The molecule has 0 radical (unpaired) electrons. The maximum absolute atomic E-state index is 13.1. The molecular formula is C20H22FN5O2. The molecule has 0 unspecified atom stereocenters. The predicted octanol–water partition coefficient (Wildman–Crippen LogP) is 3.82. The highest BCUT2D eigenvalue weighted by atomic mass is 19.1. The summed E-state index contributed by atoms with van der Waals surface area (Å²) >= 11 is 0. The zero-order chi connectivity index (χ0) is 19.5. The van der Waals surface area contributed by atoms with Crippen LogP contribution in [0.3, 0.4) is 0 Å². The zero-order valence-corrected chi connectivity index (χ0v) is 15.7. The summed E-state index contributed by atoms with van der Waals surface area (Å²) in [5.74, 6) is -0.394. The van der Waals surface area contributed by atoms with E-state index < -0.39 is 0 Å². The average molecular weight is 383 g/mol. The fourth-order valence-corrected chi connectivity index (χ4v) is 3.50. The van der Waals surface area contributed by atoms with E-state index in [9.17, 15) is 9.18 Å². The van der Waals surface area contributed by atoms with E-state index in [1.54, 1.807) is 23.0 Å². The Morgan fingerprint density at radius 1 is 1.18 bits per heavy atom. The van der Waals surface area contributed by atoms with Crippen LogP contribution in [0.4, 0.5) is 4.39 Å². The number of aryl methyl sites for hydroxylation is 1. The summed E-state index contributed by atoms with van der Waals surface area (Å²) in [6.45, 7) is 1.82. The molecule has 1 aromatic carbocycles. The molecule has 1 fully saturated rings. The zero-order valence-electron chi connectivity index (χ0n) is 15.7. The second kappa shape index (κ2) is 7.92. The lowest BCUT2D eigenvalue weighted by Gasteiger charge is -2.14. The monoisotopic (exact) mass is 383 g/mol. The van der Waals surface area contributed by atoms with Crippen LogP contribution in [0.5, 0.6) is 0 Å².